The second-order valence-electron chi connectivity index (χ2n) is 5.27. The van der Waals surface area contributed by atoms with Crippen LogP contribution < -0.4 is 0 Å². The predicted octanol–water partition coefficient (Wildman–Crippen LogP) is 1.12. The average molecular weight is 237 g/mol. The summed E-state index contributed by atoms with van der Waals surface area (Å²) >= 11 is 0. The summed E-state index contributed by atoms with van der Waals surface area (Å²) in [6.45, 7) is 10.2. The van der Waals surface area contributed by atoms with Crippen molar-refractivity contribution in [2.75, 3.05) is 13.7 Å². The summed E-state index contributed by atoms with van der Waals surface area (Å²) in [4.78, 5) is 13.7. The first kappa shape index (κ1) is 12.4. The molecule has 2 saturated heterocycles. The zero-order chi connectivity index (χ0) is 12.8. The average Bonchev–Trinajstić information content (AvgIpc) is 2.28. The van der Waals surface area contributed by atoms with Crippen molar-refractivity contribution < 1.29 is 14.3 Å². The first-order valence-corrected chi connectivity index (χ1v) is 5.79. The van der Waals surface area contributed by atoms with Gasteiger partial charge in [0, 0.05) is 13.7 Å². The fraction of sp³-hybridized carbons (Fsp3) is 0.692. The fourth-order valence-electron chi connectivity index (χ4n) is 2.59. The predicted molar refractivity (Wildman–Crippen MR) is 63.6 cm³/mol. The van der Waals surface area contributed by atoms with Crippen LogP contribution in [-0.2, 0) is 14.3 Å². The second kappa shape index (κ2) is 3.98. The minimum atomic E-state index is -0.389. The van der Waals surface area contributed by atoms with Crippen molar-refractivity contribution in [1.82, 2.24) is 4.90 Å². The largest absolute Gasteiger partial charge is 0.369 e. The van der Waals surface area contributed by atoms with Crippen LogP contribution in [0, 0.1) is 0 Å². The number of ether oxygens (including phenoxy) is 2. The summed E-state index contributed by atoms with van der Waals surface area (Å²) < 4.78 is 11.3. The molecule has 2 aliphatic heterocycles. The molecule has 1 amide bonds. The maximum absolute atomic E-state index is 11.9. The molecule has 0 radical (unpaired) electrons. The molecular formula is C13H19NO3. The van der Waals surface area contributed by atoms with Crippen LogP contribution in [0.5, 0.6) is 0 Å². The number of carbonyl (C=O) groups is 1. The van der Waals surface area contributed by atoms with E-state index in [-0.39, 0.29) is 29.8 Å². The quantitative estimate of drug-likeness (QED) is 0.533. The van der Waals surface area contributed by atoms with Crippen LogP contribution in [0.3, 0.4) is 0 Å². The molecule has 94 valence electrons. The molecule has 2 fully saturated rings. The molecule has 0 saturated carbocycles. The van der Waals surface area contributed by atoms with E-state index in [1.165, 1.54) is 0 Å². The van der Waals surface area contributed by atoms with Crippen LogP contribution in [0.2, 0.25) is 0 Å². The molecular weight excluding hydrogens is 218 g/mol. The van der Waals surface area contributed by atoms with Gasteiger partial charge in [-0.25, -0.2) is 0 Å². The van der Waals surface area contributed by atoms with Gasteiger partial charge < -0.3 is 14.4 Å². The van der Waals surface area contributed by atoms with Crippen LogP contribution in [0.25, 0.3) is 0 Å². The molecule has 0 aliphatic carbocycles. The fourth-order valence-corrected chi connectivity index (χ4v) is 2.59. The van der Waals surface area contributed by atoms with E-state index in [9.17, 15) is 4.79 Å². The Balaban J connectivity index is 2.30. The van der Waals surface area contributed by atoms with Gasteiger partial charge in [0.2, 0.25) is 0 Å². The number of rotatable bonds is 2. The molecule has 0 aromatic heterocycles. The number of carbonyl (C=O) groups excluding carboxylic acids is 1. The zero-order valence-corrected chi connectivity index (χ0v) is 10.8. The first-order valence-electron chi connectivity index (χ1n) is 5.79. The maximum Gasteiger partial charge on any atom is 0.254 e. The van der Waals surface area contributed by atoms with Gasteiger partial charge in [-0.2, -0.15) is 0 Å². The number of hydrogen-bond acceptors (Lipinski definition) is 3. The second-order valence-corrected chi connectivity index (χ2v) is 5.27. The highest BCUT2D eigenvalue weighted by Gasteiger charge is 2.57. The summed E-state index contributed by atoms with van der Waals surface area (Å²) in [5.41, 5.74) is 3.44. The molecule has 0 bridgehead atoms. The van der Waals surface area contributed by atoms with Gasteiger partial charge in [0.15, 0.2) is 6.10 Å². The molecule has 2 rings (SSSR count). The van der Waals surface area contributed by atoms with Crippen molar-refractivity contribution in [3.05, 3.63) is 17.9 Å². The Hall–Kier alpha value is -1.09. The molecule has 0 unspecified atom stereocenters. The third-order valence-electron chi connectivity index (χ3n) is 3.46. The van der Waals surface area contributed by atoms with Gasteiger partial charge in [-0.3, -0.25) is 4.79 Å². The summed E-state index contributed by atoms with van der Waals surface area (Å²) in [5, 5.41) is 0. The van der Waals surface area contributed by atoms with Gasteiger partial charge in [0.25, 0.3) is 5.91 Å². The van der Waals surface area contributed by atoms with E-state index < -0.39 is 0 Å². The zero-order valence-electron chi connectivity index (χ0n) is 10.8. The van der Waals surface area contributed by atoms with Crippen LogP contribution in [0.15, 0.2) is 17.9 Å². The third kappa shape index (κ3) is 1.82. The number of methoxy groups -OCH3 is 1. The lowest BCUT2D eigenvalue weighted by Gasteiger charge is -2.56. The van der Waals surface area contributed by atoms with E-state index in [4.69, 9.17) is 9.47 Å². The molecule has 4 heteroatoms. The molecule has 0 spiro atoms. The van der Waals surface area contributed by atoms with Gasteiger partial charge in [0.1, 0.15) is 6.10 Å². The minimum absolute atomic E-state index is 0.0326. The summed E-state index contributed by atoms with van der Waals surface area (Å²) in [5.74, 6) is 0.0516. The van der Waals surface area contributed by atoms with Crippen LogP contribution >= 0.6 is 0 Å². The molecule has 3 atom stereocenters. The third-order valence-corrected chi connectivity index (χ3v) is 3.46. The Kier molecular flexibility index (Phi) is 2.90. The highest BCUT2D eigenvalue weighted by Crippen LogP contribution is 2.38. The number of β-lactam (4-membered cyclic amide) rings is 1. The molecule has 0 aromatic carbocycles. The molecule has 17 heavy (non-hydrogen) atoms. The van der Waals surface area contributed by atoms with Crippen molar-refractivity contribution in [3.8, 4) is 0 Å². The van der Waals surface area contributed by atoms with Crippen LogP contribution in [0.4, 0.5) is 0 Å². The maximum atomic E-state index is 11.9. The number of fused-ring (bicyclic) bond motifs is 1. The van der Waals surface area contributed by atoms with E-state index in [0.29, 0.717) is 6.54 Å². The van der Waals surface area contributed by atoms with E-state index in [1.54, 1.807) is 7.11 Å². The molecule has 0 aromatic rings. The first-order chi connectivity index (χ1) is 7.91. The highest BCUT2D eigenvalue weighted by molar-refractivity contribution is 5.89. The minimum Gasteiger partial charge on any atom is -0.369 e. The summed E-state index contributed by atoms with van der Waals surface area (Å²) in [7, 11) is 1.56. The number of morpholine rings is 1. The van der Waals surface area contributed by atoms with E-state index in [0.717, 1.165) is 5.57 Å². The number of amides is 1. The van der Waals surface area contributed by atoms with E-state index >= 15 is 0 Å². The molecule has 2 heterocycles. The normalized spacial score (nSPS) is 34.7. The Labute approximate surface area is 102 Å². The number of hydrogen-bond donors (Lipinski definition) is 0. The standard InChI is InChI=1S/C13H19NO3/c1-6-8(2)10-9-11(16-5)12(15)14(9)7-13(3,4)17-10/h9-11H,1,7H2,2-5H3/t9-,10-,11+/m1/s1. The van der Waals surface area contributed by atoms with Gasteiger partial charge in [-0.1, -0.05) is 6.58 Å². The Morgan fingerprint density at radius 1 is 1.65 bits per heavy atom. The summed E-state index contributed by atoms with van der Waals surface area (Å²) in [6, 6.07) is -0.0326. The molecule has 0 N–H and O–H groups in total. The van der Waals surface area contributed by atoms with Crippen molar-refractivity contribution >= 4 is 5.91 Å². The lowest BCUT2D eigenvalue weighted by Crippen LogP contribution is -2.75. The van der Waals surface area contributed by atoms with Crippen molar-refractivity contribution in [2.45, 2.75) is 44.6 Å². The van der Waals surface area contributed by atoms with Gasteiger partial charge >= 0.3 is 0 Å². The van der Waals surface area contributed by atoms with Crippen molar-refractivity contribution in [2.24, 2.45) is 0 Å². The Morgan fingerprint density at radius 3 is 2.82 bits per heavy atom. The smallest absolute Gasteiger partial charge is 0.254 e. The van der Waals surface area contributed by atoms with Crippen LogP contribution in [0.1, 0.15) is 20.8 Å². The van der Waals surface area contributed by atoms with Gasteiger partial charge in [0.05, 0.1) is 11.6 Å². The monoisotopic (exact) mass is 237 g/mol. The van der Waals surface area contributed by atoms with Crippen molar-refractivity contribution in [1.29, 1.82) is 0 Å². The van der Waals surface area contributed by atoms with E-state index in [1.807, 2.05) is 25.7 Å². The SMILES string of the molecule is C=C=C(C)[C@H]1OC(C)(C)CN2C(=O)[C@@H](OC)[C@@H]12. The lowest BCUT2D eigenvalue weighted by molar-refractivity contribution is -0.224. The highest BCUT2D eigenvalue weighted by atomic mass is 16.5. The molecule has 4 nitrogen and oxygen atoms in total. The summed E-state index contributed by atoms with van der Waals surface area (Å²) in [6.07, 6.45) is -0.557. The van der Waals surface area contributed by atoms with Crippen LogP contribution in [-0.4, -0.2) is 48.3 Å². The number of nitrogens with zero attached hydrogens (tertiary/aromatic N) is 1. The van der Waals surface area contributed by atoms with Gasteiger partial charge in [-0.15, -0.1) is 5.73 Å². The lowest BCUT2D eigenvalue weighted by atomic mass is 9.84. The Morgan fingerprint density at radius 2 is 2.29 bits per heavy atom. The topological polar surface area (TPSA) is 38.8 Å². The van der Waals surface area contributed by atoms with Gasteiger partial charge in [-0.05, 0) is 26.3 Å². The van der Waals surface area contributed by atoms with E-state index in [2.05, 4.69) is 12.3 Å². The Bertz CT molecular complexity index is 395. The van der Waals surface area contributed by atoms with Crippen molar-refractivity contribution in [3.63, 3.8) is 0 Å². The molecule has 2 aliphatic rings.